The lowest BCUT2D eigenvalue weighted by molar-refractivity contribution is 0.102. The maximum absolute atomic E-state index is 12.6. The monoisotopic (exact) mass is 437 g/mol. The van der Waals surface area contributed by atoms with Gasteiger partial charge in [0.15, 0.2) is 0 Å². The minimum atomic E-state index is -3.39. The van der Waals surface area contributed by atoms with Gasteiger partial charge in [0.25, 0.3) is 5.91 Å². The first-order valence-corrected chi connectivity index (χ1v) is 11.6. The zero-order chi connectivity index (χ0) is 21.8. The molecular formula is C21H28ClN3O3S. The number of amides is 1. The van der Waals surface area contributed by atoms with Crippen LogP contribution in [-0.2, 0) is 16.6 Å². The molecule has 0 heterocycles. The van der Waals surface area contributed by atoms with Crippen LogP contribution in [0.4, 0.5) is 11.4 Å². The Hall–Kier alpha value is -2.09. The van der Waals surface area contributed by atoms with Crippen LogP contribution in [0, 0.1) is 0 Å². The van der Waals surface area contributed by atoms with Crippen LogP contribution in [0.25, 0.3) is 0 Å². The number of anilines is 2. The molecular weight excluding hydrogens is 410 g/mol. The van der Waals surface area contributed by atoms with Gasteiger partial charge >= 0.3 is 0 Å². The van der Waals surface area contributed by atoms with Crippen molar-refractivity contribution in [1.82, 2.24) is 4.31 Å². The Morgan fingerprint density at radius 3 is 2.38 bits per heavy atom. The summed E-state index contributed by atoms with van der Waals surface area (Å²) in [5, 5.41) is 3.22. The second-order valence-electron chi connectivity index (χ2n) is 7.24. The van der Waals surface area contributed by atoms with Crippen molar-refractivity contribution in [3.8, 4) is 0 Å². The van der Waals surface area contributed by atoms with Crippen LogP contribution in [0.5, 0.6) is 0 Å². The molecule has 8 heteroatoms. The van der Waals surface area contributed by atoms with Gasteiger partial charge in [-0.05, 0) is 49.2 Å². The summed E-state index contributed by atoms with van der Waals surface area (Å²) in [6.07, 6.45) is 1.92. The van der Waals surface area contributed by atoms with Crippen molar-refractivity contribution in [3.05, 3.63) is 58.6 Å². The van der Waals surface area contributed by atoms with E-state index in [1.807, 2.05) is 45.0 Å². The van der Waals surface area contributed by atoms with Crippen molar-refractivity contribution < 1.29 is 13.2 Å². The second kappa shape index (κ2) is 9.61. The number of carbonyl (C=O) groups excluding carboxylic acids is 1. The van der Waals surface area contributed by atoms with Crippen LogP contribution >= 0.6 is 11.6 Å². The van der Waals surface area contributed by atoms with Gasteiger partial charge < -0.3 is 10.2 Å². The van der Waals surface area contributed by atoms with E-state index < -0.39 is 10.0 Å². The number of halogens is 1. The van der Waals surface area contributed by atoms with Crippen LogP contribution in [0.15, 0.2) is 42.5 Å². The highest BCUT2D eigenvalue weighted by atomic mass is 35.5. The summed E-state index contributed by atoms with van der Waals surface area (Å²) in [6, 6.07) is 12.2. The first-order valence-electron chi connectivity index (χ1n) is 9.37. The Labute approximate surface area is 178 Å². The number of nitrogens with one attached hydrogen (secondary N) is 1. The molecule has 1 N–H and O–H groups in total. The van der Waals surface area contributed by atoms with Gasteiger partial charge in [0.05, 0.1) is 16.8 Å². The van der Waals surface area contributed by atoms with Crippen molar-refractivity contribution in [2.75, 3.05) is 30.6 Å². The van der Waals surface area contributed by atoms with Gasteiger partial charge in [-0.15, -0.1) is 0 Å². The Balaban J connectivity index is 2.39. The van der Waals surface area contributed by atoms with E-state index >= 15 is 0 Å². The quantitative estimate of drug-likeness (QED) is 0.671. The standard InChI is InChI=1S/C21H28ClN3O3S/c1-6-15(2)25(29(5,27)28)14-16-13-17(11-12-20(16)24(3)4)23-21(26)18-9-7-8-10-19(18)22/h7-13,15H,6,14H2,1-5H3,(H,23,26)/t15-/m0/s1. The van der Waals surface area contributed by atoms with Gasteiger partial charge in [-0.1, -0.05) is 30.7 Å². The van der Waals surface area contributed by atoms with Gasteiger partial charge in [0, 0.05) is 38.1 Å². The summed E-state index contributed by atoms with van der Waals surface area (Å²) >= 11 is 6.11. The summed E-state index contributed by atoms with van der Waals surface area (Å²) in [7, 11) is 0.404. The number of rotatable bonds is 8. The van der Waals surface area contributed by atoms with Crippen molar-refractivity contribution in [2.24, 2.45) is 0 Å². The molecule has 0 spiro atoms. The summed E-state index contributed by atoms with van der Waals surface area (Å²) < 4.78 is 26.1. The van der Waals surface area contributed by atoms with Crippen LogP contribution < -0.4 is 10.2 Å². The van der Waals surface area contributed by atoms with E-state index in [9.17, 15) is 13.2 Å². The van der Waals surface area contributed by atoms with Crippen LogP contribution in [0.1, 0.15) is 36.2 Å². The topological polar surface area (TPSA) is 69.7 Å². The van der Waals surface area contributed by atoms with E-state index in [-0.39, 0.29) is 18.5 Å². The Kier molecular flexibility index (Phi) is 7.68. The molecule has 1 atom stereocenters. The molecule has 0 aromatic heterocycles. The van der Waals surface area contributed by atoms with E-state index in [0.717, 1.165) is 11.3 Å². The zero-order valence-electron chi connectivity index (χ0n) is 17.4. The number of benzene rings is 2. The lowest BCUT2D eigenvalue weighted by atomic mass is 10.1. The van der Waals surface area contributed by atoms with Gasteiger partial charge in [0.1, 0.15) is 0 Å². The molecule has 158 valence electrons. The summed E-state index contributed by atoms with van der Waals surface area (Å²) in [5.41, 5.74) is 2.65. The van der Waals surface area contributed by atoms with E-state index in [4.69, 9.17) is 11.6 Å². The SMILES string of the molecule is CC[C@H](C)N(Cc1cc(NC(=O)c2ccccc2Cl)ccc1N(C)C)S(C)(=O)=O. The zero-order valence-corrected chi connectivity index (χ0v) is 19.0. The van der Waals surface area contributed by atoms with E-state index in [1.165, 1.54) is 10.6 Å². The van der Waals surface area contributed by atoms with Gasteiger partial charge in [-0.3, -0.25) is 4.79 Å². The lowest BCUT2D eigenvalue weighted by Gasteiger charge is -2.28. The normalized spacial score (nSPS) is 12.7. The molecule has 6 nitrogen and oxygen atoms in total. The third kappa shape index (κ3) is 5.95. The van der Waals surface area contributed by atoms with E-state index in [0.29, 0.717) is 22.7 Å². The third-order valence-electron chi connectivity index (χ3n) is 4.77. The lowest BCUT2D eigenvalue weighted by Crippen LogP contribution is -2.37. The fourth-order valence-corrected chi connectivity index (χ4v) is 4.44. The molecule has 29 heavy (non-hydrogen) atoms. The van der Waals surface area contributed by atoms with Crippen molar-refractivity contribution >= 4 is 38.9 Å². The highest BCUT2D eigenvalue weighted by molar-refractivity contribution is 7.88. The fraction of sp³-hybridized carbons (Fsp3) is 0.381. The molecule has 0 radical (unpaired) electrons. The number of sulfonamides is 1. The predicted octanol–water partition coefficient (Wildman–Crippen LogP) is 4.22. The molecule has 0 saturated carbocycles. The van der Waals surface area contributed by atoms with Gasteiger partial charge in [0.2, 0.25) is 10.0 Å². The van der Waals surface area contributed by atoms with E-state index in [2.05, 4.69) is 5.32 Å². The molecule has 2 aromatic carbocycles. The fourth-order valence-electron chi connectivity index (χ4n) is 3.04. The number of hydrogen-bond acceptors (Lipinski definition) is 4. The average Bonchev–Trinajstić information content (AvgIpc) is 2.64. The highest BCUT2D eigenvalue weighted by Crippen LogP contribution is 2.27. The maximum atomic E-state index is 12.6. The minimum absolute atomic E-state index is 0.138. The molecule has 0 aliphatic heterocycles. The maximum Gasteiger partial charge on any atom is 0.257 e. The summed E-state index contributed by atoms with van der Waals surface area (Å²) in [6.45, 7) is 4.06. The number of nitrogens with zero attached hydrogens (tertiary/aromatic N) is 2. The Bertz CT molecular complexity index is 977. The van der Waals surface area contributed by atoms with Crippen LogP contribution in [0.2, 0.25) is 5.02 Å². The second-order valence-corrected chi connectivity index (χ2v) is 9.58. The number of carbonyl (C=O) groups is 1. The van der Waals surface area contributed by atoms with Gasteiger partial charge in [-0.25, -0.2) is 8.42 Å². The van der Waals surface area contributed by atoms with Crippen LogP contribution in [0.3, 0.4) is 0 Å². The van der Waals surface area contributed by atoms with Gasteiger partial charge in [-0.2, -0.15) is 4.31 Å². The molecule has 0 fully saturated rings. The molecule has 0 aliphatic carbocycles. The molecule has 2 rings (SSSR count). The molecule has 0 saturated heterocycles. The van der Waals surface area contributed by atoms with E-state index in [1.54, 1.807) is 30.3 Å². The van der Waals surface area contributed by atoms with Crippen molar-refractivity contribution in [3.63, 3.8) is 0 Å². The minimum Gasteiger partial charge on any atom is -0.377 e. The first kappa shape index (κ1) is 23.2. The molecule has 0 unspecified atom stereocenters. The Morgan fingerprint density at radius 2 is 1.83 bits per heavy atom. The molecule has 0 bridgehead atoms. The number of hydrogen-bond donors (Lipinski definition) is 1. The first-order chi connectivity index (χ1) is 13.5. The largest absolute Gasteiger partial charge is 0.377 e. The highest BCUT2D eigenvalue weighted by Gasteiger charge is 2.24. The van der Waals surface area contributed by atoms with Crippen LogP contribution in [-0.4, -0.2) is 45.0 Å². The summed E-state index contributed by atoms with van der Waals surface area (Å²) in [5.74, 6) is -0.318. The Morgan fingerprint density at radius 1 is 1.17 bits per heavy atom. The molecule has 2 aromatic rings. The predicted molar refractivity (Wildman–Crippen MR) is 120 cm³/mol. The van der Waals surface area contributed by atoms with Crippen molar-refractivity contribution in [1.29, 1.82) is 0 Å². The summed E-state index contributed by atoms with van der Waals surface area (Å²) in [4.78, 5) is 14.5. The van der Waals surface area contributed by atoms with Crippen molar-refractivity contribution in [2.45, 2.75) is 32.9 Å². The smallest absolute Gasteiger partial charge is 0.257 e. The molecule has 0 aliphatic rings. The average molecular weight is 438 g/mol. The molecule has 1 amide bonds. The third-order valence-corrected chi connectivity index (χ3v) is 6.44.